The van der Waals surface area contributed by atoms with Gasteiger partial charge in [-0.25, -0.2) is 4.39 Å². The smallest absolute Gasteiger partial charge is 0.255 e. The molecule has 1 heterocycles. The van der Waals surface area contributed by atoms with Gasteiger partial charge in [-0.1, -0.05) is 53.5 Å². The summed E-state index contributed by atoms with van der Waals surface area (Å²) in [5.74, 6) is -0.651. The Bertz CT molecular complexity index is 960. The number of amides is 1. The first-order chi connectivity index (χ1) is 13.8. The molecule has 29 heavy (non-hydrogen) atoms. The third-order valence-corrected chi connectivity index (χ3v) is 5.67. The number of aryl methyl sites for hydroxylation is 1. The molecule has 0 aliphatic carbocycles. The number of benzene rings is 2. The second kappa shape index (κ2) is 8.37. The SMILES string of the molecule is Bc1cc(C2=CCOCC2N(C)C(=O)C(B)(F)c2ccccc2)c(C=O)cc1C. The number of nitrogens with zero attached hydrogens (tertiary/aromatic N) is 1. The van der Waals surface area contributed by atoms with E-state index in [0.29, 0.717) is 17.7 Å². The fraction of sp³-hybridized carbons (Fsp3) is 0.273. The highest BCUT2D eigenvalue weighted by molar-refractivity contribution is 6.33. The van der Waals surface area contributed by atoms with Crippen LogP contribution in [-0.2, 0) is 15.1 Å². The number of halogens is 1. The minimum atomic E-state index is -2.17. The van der Waals surface area contributed by atoms with Gasteiger partial charge in [0, 0.05) is 12.6 Å². The van der Waals surface area contributed by atoms with Gasteiger partial charge in [-0.3, -0.25) is 9.59 Å². The summed E-state index contributed by atoms with van der Waals surface area (Å²) in [4.78, 5) is 26.2. The fourth-order valence-corrected chi connectivity index (χ4v) is 3.70. The van der Waals surface area contributed by atoms with Crippen molar-refractivity contribution in [1.29, 1.82) is 0 Å². The Hall–Kier alpha value is -2.66. The fourth-order valence-electron chi connectivity index (χ4n) is 3.70. The van der Waals surface area contributed by atoms with Crippen LogP contribution in [0.1, 0.15) is 27.0 Å². The van der Waals surface area contributed by atoms with E-state index in [4.69, 9.17) is 4.74 Å². The van der Waals surface area contributed by atoms with Crippen LogP contribution in [0.3, 0.4) is 0 Å². The summed E-state index contributed by atoms with van der Waals surface area (Å²) in [6.45, 7) is 2.57. The lowest BCUT2D eigenvalue weighted by molar-refractivity contribution is -0.140. The van der Waals surface area contributed by atoms with Crippen molar-refractivity contribution >= 4 is 38.9 Å². The molecule has 148 valence electrons. The van der Waals surface area contributed by atoms with Gasteiger partial charge in [0.1, 0.15) is 7.85 Å². The molecule has 0 spiro atoms. The van der Waals surface area contributed by atoms with Gasteiger partial charge in [0.25, 0.3) is 5.91 Å². The molecule has 1 aliphatic rings. The summed E-state index contributed by atoms with van der Waals surface area (Å²) in [5, 5.41) is 0. The molecule has 3 rings (SSSR count). The number of hydrogen-bond acceptors (Lipinski definition) is 3. The van der Waals surface area contributed by atoms with E-state index in [-0.39, 0.29) is 6.61 Å². The van der Waals surface area contributed by atoms with Crippen LogP contribution in [0.25, 0.3) is 5.57 Å². The van der Waals surface area contributed by atoms with Gasteiger partial charge in [-0.05, 0) is 29.7 Å². The van der Waals surface area contributed by atoms with Gasteiger partial charge in [0.05, 0.1) is 19.3 Å². The summed E-state index contributed by atoms with van der Waals surface area (Å²) < 4.78 is 21.1. The number of carbonyl (C=O) groups is 2. The molecule has 0 radical (unpaired) electrons. The number of carbonyl (C=O) groups excluding carboxylic acids is 2. The van der Waals surface area contributed by atoms with Gasteiger partial charge in [0.2, 0.25) is 0 Å². The molecule has 0 saturated heterocycles. The second-order valence-corrected chi connectivity index (χ2v) is 7.64. The highest BCUT2D eigenvalue weighted by atomic mass is 19.1. The van der Waals surface area contributed by atoms with Crippen LogP contribution < -0.4 is 5.46 Å². The molecule has 4 nitrogen and oxygen atoms in total. The molecular formula is C22H24B2FNO3. The zero-order chi connectivity index (χ0) is 21.2. The predicted octanol–water partition coefficient (Wildman–Crippen LogP) is 0.762. The molecular weight excluding hydrogens is 367 g/mol. The van der Waals surface area contributed by atoms with Crippen molar-refractivity contribution in [3.8, 4) is 0 Å². The summed E-state index contributed by atoms with van der Waals surface area (Å²) in [5.41, 5.74) is 2.32. The Morgan fingerprint density at radius 1 is 1.31 bits per heavy atom. The molecule has 0 fully saturated rings. The number of rotatable bonds is 5. The Kier molecular flexibility index (Phi) is 6.08. The molecule has 0 bridgehead atoms. The largest absolute Gasteiger partial charge is 0.375 e. The summed E-state index contributed by atoms with van der Waals surface area (Å²) in [6.07, 6.45) is 2.69. The van der Waals surface area contributed by atoms with Gasteiger partial charge < -0.3 is 9.64 Å². The Morgan fingerprint density at radius 3 is 2.66 bits per heavy atom. The summed E-state index contributed by atoms with van der Waals surface area (Å²) in [7, 11) is 4.84. The van der Waals surface area contributed by atoms with E-state index < -0.39 is 17.5 Å². The average molecular weight is 391 g/mol. The van der Waals surface area contributed by atoms with E-state index in [1.807, 2.05) is 33.0 Å². The van der Waals surface area contributed by atoms with Crippen LogP contribution in [0.4, 0.5) is 4.39 Å². The Balaban J connectivity index is 1.98. The van der Waals surface area contributed by atoms with E-state index in [2.05, 4.69) is 0 Å². The lowest BCUT2D eigenvalue weighted by atomic mass is 9.76. The van der Waals surface area contributed by atoms with Crippen molar-refractivity contribution in [3.63, 3.8) is 0 Å². The topological polar surface area (TPSA) is 46.6 Å². The molecule has 1 amide bonds. The normalized spacial score (nSPS) is 18.4. The van der Waals surface area contributed by atoms with Crippen molar-refractivity contribution in [2.45, 2.75) is 18.5 Å². The van der Waals surface area contributed by atoms with Gasteiger partial charge in [0.15, 0.2) is 19.7 Å². The predicted molar refractivity (Wildman–Crippen MR) is 118 cm³/mol. The first-order valence-corrected chi connectivity index (χ1v) is 9.63. The molecule has 2 unspecified atom stereocenters. The minimum absolute atomic E-state index is 0.240. The zero-order valence-electron chi connectivity index (χ0n) is 17.2. The summed E-state index contributed by atoms with van der Waals surface area (Å²) >= 11 is 0. The van der Waals surface area contributed by atoms with Crippen LogP contribution in [0, 0.1) is 6.92 Å². The monoisotopic (exact) mass is 391 g/mol. The van der Waals surface area contributed by atoms with E-state index in [9.17, 15) is 9.59 Å². The van der Waals surface area contributed by atoms with Gasteiger partial charge in [-0.15, -0.1) is 0 Å². The number of ether oxygens (including phenoxy) is 1. The standard InChI is InChI=1S/C22H24B2FNO3/c1-14-10-15(12-27)18(11-19(14)23)17-8-9-29-13-20(17)26(2)21(28)22(24,25)16-6-4-3-5-7-16/h3-8,10-12,20H,9,13,23-24H2,1-2H3. The Labute approximate surface area is 172 Å². The minimum Gasteiger partial charge on any atom is -0.375 e. The third-order valence-electron chi connectivity index (χ3n) is 5.67. The first-order valence-electron chi connectivity index (χ1n) is 9.63. The number of aldehydes is 1. The molecule has 0 aromatic heterocycles. The molecule has 0 saturated carbocycles. The number of alkyl halides is 1. The molecule has 2 atom stereocenters. The maximum absolute atomic E-state index is 15.5. The van der Waals surface area contributed by atoms with Crippen molar-refractivity contribution in [2.24, 2.45) is 0 Å². The molecule has 2 aromatic rings. The molecule has 2 aromatic carbocycles. The average Bonchev–Trinajstić information content (AvgIpc) is 2.74. The van der Waals surface area contributed by atoms with Crippen molar-refractivity contribution < 1.29 is 18.7 Å². The lowest BCUT2D eigenvalue weighted by Crippen LogP contribution is -2.50. The van der Waals surface area contributed by atoms with E-state index in [1.165, 1.54) is 12.7 Å². The maximum Gasteiger partial charge on any atom is 0.255 e. The van der Waals surface area contributed by atoms with Crippen molar-refractivity contribution in [1.82, 2.24) is 4.90 Å². The van der Waals surface area contributed by atoms with Crippen LogP contribution in [-0.4, -0.2) is 59.1 Å². The van der Waals surface area contributed by atoms with Crippen LogP contribution >= 0.6 is 0 Å². The molecule has 7 heteroatoms. The van der Waals surface area contributed by atoms with Crippen molar-refractivity contribution in [3.05, 3.63) is 70.8 Å². The zero-order valence-corrected chi connectivity index (χ0v) is 17.2. The quantitative estimate of drug-likeness (QED) is 0.559. The van der Waals surface area contributed by atoms with Gasteiger partial charge in [-0.2, -0.15) is 0 Å². The van der Waals surface area contributed by atoms with Crippen LogP contribution in [0.5, 0.6) is 0 Å². The van der Waals surface area contributed by atoms with Gasteiger partial charge >= 0.3 is 0 Å². The highest BCUT2D eigenvalue weighted by Gasteiger charge is 2.40. The number of hydrogen-bond donors (Lipinski definition) is 0. The molecule has 1 aliphatic heterocycles. The molecule has 0 N–H and O–H groups in total. The first kappa shape index (κ1) is 21.1. The number of likely N-dealkylation sites (N-methyl/N-ethyl adjacent to an activating group) is 1. The Morgan fingerprint density at radius 2 is 2.00 bits per heavy atom. The van der Waals surface area contributed by atoms with Crippen LogP contribution in [0.2, 0.25) is 0 Å². The van der Waals surface area contributed by atoms with Crippen molar-refractivity contribution in [2.75, 3.05) is 20.3 Å². The maximum atomic E-state index is 15.5. The summed E-state index contributed by atoms with van der Waals surface area (Å²) in [6, 6.07) is 11.7. The van der Waals surface area contributed by atoms with E-state index >= 15 is 4.39 Å². The van der Waals surface area contributed by atoms with E-state index in [1.54, 1.807) is 37.4 Å². The lowest BCUT2D eigenvalue weighted by Gasteiger charge is -2.36. The second-order valence-electron chi connectivity index (χ2n) is 7.64. The van der Waals surface area contributed by atoms with Crippen LogP contribution in [0.15, 0.2) is 48.5 Å². The van der Waals surface area contributed by atoms with E-state index in [0.717, 1.165) is 28.4 Å². The highest BCUT2D eigenvalue weighted by Crippen LogP contribution is 2.31. The third kappa shape index (κ3) is 4.06.